The third-order valence-corrected chi connectivity index (χ3v) is 9.92. The van der Waals surface area contributed by atoms with Crippen molar-refractivity contribution in [3.05, 3.63) is 53.6 Å². The number of pyridine rings is 1. The van der Waals surface area contributed by atoms with E-state index in [-0.39, 0.29) is 35.6 Å². The van der Waals surface area contributed by atoms with Gasteiger partial charge in [0.05, 0.1) is 29.8 Å². The standard InChI is InChI=1S/C33H37F2N7O6S/c1-2-47-21-9-7-19(8-10-21)14-41-16-25(29(40-41)28-24(34)11-12-27(35)39-28)37-30(43)26-17-49-31(38-26)20-13-36-42(15-20)18-48-33(46)23-6-4-3-5-22(23)32(44)45/h11-13,15-17,19,21-23H,2-10,14,18H2,1H3,(H,37,43)(H,44,45). The van der Waals surface area contributed by atoms with Crippen molar-refractivity contribution < 1.29 is 37.7 Å². The monoisotopic (exact) mass is 697 g/mol. The number of amides is 1. The van der Waals surface area contributed by atoms with Gasteiger partial charge in [0.1, 0.15) is 22.1 Å². The van der Waals surface area contributed by atoms with Crippen LogP contribution in [-0.2, 0) is 32.3 Å². The van der Waals surface area contributed by atoms with Crippen LogP contribution in [-0.4, -0.2) is 65.2 Å². The molecule has 2 aliphatic carbocycles. The van der Waals surface area contributed by atoms with Gasteiger partial charge in [-0.2, -0.15) is 14.6 Å². The predicted octanol–water partition coefficient (Wildman–Crippen LogP) is 5.78. The largest absolute Gasteiger partial charge is 0.481 e. The molecule has 4 aromatic rings. The van der Waals surface area contributed by atoms with Crippen LogP contribution in [0.5, 0.6) is 0 Å². The van der Waals surface area contributed by atoms with Gasteiger partial charge in [0, 0.05) is 36.5 Å². The molecule has 2 fully saturated rings. The summed E-state index contributed by atoms with van der Waals surface area (Å²) in [5.74, 6) is -4.95. The summed E-state index contributed by atoms with van der Waals surface area (Å²) in [5, 5.41) is 23.0. The number of hydrogen-bond acceptors (Lipinski definition) is 10. The molecule has 49 heavy (non-hydrogen) atoms. The van der Waals surface area contributed by atoms with Crippen molar-refractivity contribution in [3.8, 4) is 22.0 Å². The van der Waals surface area contributed by atoms with Crippen LogP contribution in [0.2, 0.25) is 0 Å². The Kier molecular flexibility index (Phi) is 10.7. The van der Waals surface area contributed by atoms with Crippen molar-refractivity contribution in [3.63, 3.8) is 0 Å². The Morgan fingerprint density at radius 1 is 1.00 bits per heavy atom. The highest BCUT2D eigenvalue weighted by Crippen LogP contribution is 2.33. The lowest BCUT2D eigenvalue weighted by atomic mass is 9.79. The van der Waals surface area contributed by atoms with E-state index >= 15 is 0 Å². The van der Waals surface area contributed by atoms with E-state index in [1.54, 1.807) is 22.5 Å². The van der Waals surface area contributed by atoms with Gasteiger partial charge in [-0.15, -0.1) is 11.3 Å². The Hall–Kier alpha value is -4.57. The predicted molar refractivity (Wildman–Crippen MR) is 173 cm³/mol. The van der Waals surface area contributed by atoms with Crippen LogP contribution < -0.4 is 5.32 Å². The maximum Gasteiger partial charge on any atom is 0.311 e. The summed E-state index contributed by atoms with van der Waals surface area (Å²) in [6.07, 6.45) is 11.1. The quantitative estimate of drug-likeness (QED) is 0.137. The second-order valence-electron chi connectivity index (χ2n) is 12.4. The average Bonchev–Trinajstić information content (AvgIpc) is 3.86. The lowest BCUT2D eigenvalue weighted by Gasteiger charge is -2.28. The molecule has 16 heteroatoms. The smallest absolute Gasteiger partial charge is 0.311 e. The van der Waals surface area contributed by atoms with Gasteiger partial charge < -0.3 is 19.9 Å². The van der Waals surface area contributed by atoms with Gasteiger partial charge in [-0.3, -0.25) is 19.1 Å². The molecule has 4 heterocycles. The number of rotatable bonds is 12. The molecule has 0 aromatic carbocycles. The summed E-state index contributed by atoms with van der Waals surface area (Å²) in [4.78, 5) is 45.7. The first-order chi connectivity index (χ1) is 23.7. The molecule has 0 bridgehead atoms. The number of aliphatic carboxylic acids is 1. The molecule has 6 rings (SSSR count). The minimum atomic E-state index is -0.995. The number of anilines is 1. The summed E-state index contributed by atoms with van der Waals surface area (Å²) >= 11 is 1.19. The van der Waals surface area contributed by atoms with Crippen LogP contribution in [0.15, 0.2) is 36.1 Å². The minimum Gasteiger partial charge on any atom is -0.481 e. The first-order valence-electron chi connectivity index (χ1n) is 16.4. The van der Waals surface area contributed by atoms with Gasteiger partial charge in [-0.25, -0.2) is 19.0 Å². The molecule has 2 aliphatic rings. The SMILES string of the molecule is CCOC1CCC(Cn2cc(NC(=O)c3csc(-c4cnn(COC(=O)C5CCCCC5C(=O)O)c4)n3)c(-c3nc(F)ccc3F)n2)CC1. The van der Waals surface area contributed by atoms with Crippen LogP contribution in [0.3, 0.4) is 0 Å². The van der Waals surface area contributed by atoms with E-state index in [1.807, 2.05) is 6.92 Å². The van der Waals surface area contributed by atoms with Crippen molar-refractivity contribution >= 4 is 34.9 Å². The van der Waals surface area contributed by atoms with Crippen LogP contribution in [0, 0.1) is 29.5 Å². The van der Waals surface area contributed by atoms with Crippen LogP contribution >= 0.6 is 11.3 Å². The summed E-state index contributed by atoms with van der Waals surface area (Å²) in [5.41, 5.74) is 0.500. The molecular formula is C33H37F2N7O6S. The second kappa shape index (κ2) is 15.3. The van der Waals surface area contributed by atoms with Crippen molar-refractivity contribution in [2.45, 2.75) is 77.7 Å². The number of carboxylic acids is 1. The fourth-order valence-corrected chi connectivity index (χ4v) is 7.31. The molecule has 2 saturated carbocycles. The van der Waals surface area contributed by atoms with Gasteiger partial charge in [-0.1, -0.05) is 12.8 Å². The van der Waals surface area contributed by atoms with Gasteiger partial charge in [0.15, 0.2) is 12.5 Å². The maximum absolute atomic E-state index is 14.8. The van der Waals surface area contributed by atoms with Crippen molar-refractivity contribution in [1.82, 2.24) is 29.5 Å². The van der Waals surface area contributed by atoms with E-state index in [1.165, 1.54) is 22.2 Å². The number of nitrogens with zero attached hydrogens (tertiary/aromatic N) is 6. The normalized spacial score (nSPS) is 21.0. The van der Waals surface area contributed by atoms with Crippen molar-refractivity contribution in [2.24, 2.45) is 17.8 Å². The number of ether oxygens (including phenoxy) is 2. The van der Waals surface area contributed by atoms with E-state index in [2.05, 4.69) is 25.5 Å². The Bertz CT molecular complexity index is 1800. The molecule has 13 nitrogen and oxygen atoms in total. The molecule has 2 unspecified atom stereocenters. The molecule has 260 valence electrons. The van der Waals surface area contributed by atoms with Crippen LogP contribution in [0.1, 0.15) is 68.8 Å². The number of carbonyl (C=O) groups excluding carboxylic acids is 2. The average molecular weight is 698 g/mol. The van der Waals surface area contributed by atoms with Gasteiger partial charge in [-0.05, 0) is 63.5 Å². The fraction of sp³-hybridized carbons (Fsp3) is 0.485. The molecular weight excluding hydrogens is 660 g/mol. The minimum absolute atomic E-state index is 0.00234. The number of thiazole rings is 1. The summed E-state index contributed by atoms with van der Waals surface area (Å²) < 4.78 is 43.1. The summed E-state index contributed by atoms with van der Waals surface area (Å²) in [6, 6.07) is 1.88. The first kappa shape index (κ1) is 34.3. The second-order valence-corrected chi connectivity index (χ2v) is 13.2. The van der Waals surface area contributed by atoms with Crippen LogP contribution in [0.4, 0.5) is 14.5 Å². The maximum atomic E-state index is 14.8. The molecule has 0 saturated heterocycles. The van der Waals surface area contributed by atoms with E-state index in [4.69, 9.17) is 9.47 Å². The van der Waals surface area contributed by atoms with Crippen molar-refractivity contribution in [2.75, 3.05) is 11.9 Å². The number of carbonyl (C=O) groups is 3. The Morgan fingerprint density at radius 2 is 1.78 bits per heavy atom. The van der Waals surface area contributed by atoms with E-state index in [0.29, 0.717) is 42.5 Å². The number of carboxylic acid groups (broad SMARTS) is 1. The summed E-state index contributed by atoms with van der Waals surface area (Å²) in [7, 11) is 0. The van der Waals surface area contributed by atoms with Crippen molar-refractivity contribution in [1.29, 1.82) is 0 Å². The fourth-order valence-electron chi connectivity index (χ4n) is 6.53. The highest BCUT2D eigenvalue weighted by atomic mass is 32.1. The van der Waals surface area contributed by atoms with Crippen LogP contribution in [0.25, 0.3) is 22.0 Å². The van der Waals surface area contributed by atoms with Gasteiger partial charge in [0.2, 0.25) is 5.95 Å². The number of hydrogen-bond donors (Lipinski definition) is 2. The molecule has 0 aliphatic heterocycles. The number of esters is 1. The Labute approximate surface area is 284 Å². The zero-order valence-corrected chi connectivity index (χ0v) is 27.7. The Balaban J connectivity index is 1.13. The zero-order valence-electron chi connectivity index (χ0n) is 26.9. The van der Waals surface area contributed by atoms with E-state index < -0.39 is 41.4 Å². The molecule has 0 radical (unpaired) electrons. The van der Waals surface area contributed by atoms with E-state index in [9.17, 15) is 28.3 Å². The molecule has 4 aromatic heterocycles. The number of aromatic nitrogens is 6. The third-order valence-electron chi connectivity index (χ3n) is 9.03. The highest BCUT2D eigenvalue weighted by molar-refractivity contribution is 7.13. The topological polar surface area (TPSA) is 163 Å². The molecule has 2 atom stereocenters. The lowest BCUT2D eigenvalue weighted by Crippen LogP contribution is -2.34. The Morgan fingerprint density at radius 3 is 2.53 bits per heavy atom. The van der Waals surface area contributed by atoms with Gasteiger partial charge in [0.25, 0.3) is 5.91 Å². The summed E-state index contributed by atoms with van der Waals surface area (Å²) in [6.45, 7) is 2.98. The third kappa shape index (κ3) is 8.19. The molecule has 0 spiro atoms. The molecule has 2 N–H and O–H groups in total. The highest BCUT2D eigenvalue weighted by Gasteiger charge is 2.37. The zero-order chi connectivity index (χ0) is 34.5. The van der Waals surface area contributed by atoms with E-state index in [0.717, 1.165) is 50.7 Å². The van der Waals surface area contributed by atoms with Gasteiger partial charge >= 0.3 is 11.9 Å². The molecule has 1 amide bonds. The lowest BCUT2D eigenvalue weighted by molar-refractivity contribution is -0.162. The first-order valence-corrected chi connectivity index (χ1v) is 17.3. The number of halogens is 2. The number of nitrogens with one attached hydrogen (secondary N) is 1.